The zero-order chi connectivity index (χ0) is 19.5. The van der Waals surface area contributed by atoms with Crippen molar-refractivity contribution in [1.29, 1.82) is 5.26 Å². The smallest absolute Gasteiger partial charge is 0.134 e. The second-order valence-corrected chi connectivity index (χ2v) is 8.29. The van der Waals surface area contributed by atoms with Crippen LogP contribution in [-0.2, 0) is 0 Å². The molecule has 0 bridgehead atoms. The summed E-state index contributed by atoms with van der Waals surface area (Å²) in [6.45, 7) is 4.35. The van der Waals surface area contributed by atoms with Crippen LogP contribution >= 0.6 is 11.3 Å². The van der Waals surface area contributed by atoms with E-state index in [-0.39, 0.29) is 0 Å². The van der Waals surface area contributed by atoms with Gasteiger partial charge in [0.2, 0.25) is 0 Å². The predicted octanol–water partition coefficient (Wildman–Crippen LogP) is 6.19. The molecule has 5 heteroatoms. The van der Waals surface area contributed by atoms with E-state index in [9.17, 15) is 5.26 Å². The van der Waals surface area contributed by atoms with Gasteiger partial charge in [0.25, 0.3) is 0 Å². The fraction of sp³-hybridized carbons (Fsp3) is 0.348. The Balaban J connectivity index is 1.66. The van der Waals surface area contributed by atoms with Gasteiger partial charge in [0.05, 0.1) is 11.3 Å². The molecule has 4 nitrogen and oxygen atoms in total. The van der Waals surface area contributed by atoms with E-state index in [1.165, 1.54) is 54.8 Å². The molecule has 3 aromatic rings. The minimum absolute atomic E-state index is 0.597. The normalized spacial score (nSPS) is 15.5. The number of allylic oxidation sites excluding steroid dienone is 1. The monoisotopic (exact) mass is 388 g/mol. The van der Waals surface area contributed by atoms with Gasteiger partial charge in [-0.05, 0) is 56.5 Å². The van der Waals surface area contributed by atoms with Gasteiger partial charge in [0.15, 0.2) is 0 Å². The standard InChI is InChI=1S/C23H24N4S/c1-16-12-19(17(2)27(16)21-6-4-3-5-7-21)13-20(14-24)23-26-22(15-28-23)18-8-10-25-11-9-18/h8-13,15,21H,3-7H2,1-2H3/b20-13+. The lowest BCUT2D eigenvalue weighted by Gasteiger charge is -2.26. The zero-order valence-electron chi connectivity index (χ0n) is 16.4. The van der Waals surface area contributed by atoms with Crippen LogP contribution in [0.3, 0.4) is 0 Å². The molecule has 28 heavy (non-hydrogen) atoms. The Morgan fingerprint density at radius 3 is 2.68 bits per heavy atom. The van der Waals surface area contributed by atoms with Gasteiger partial charge < -0.3 is 4.57 Å². The average Bonchev–Trinajstić information content (AvgIpc) is 3.32. The molecular weight excluding hydrogens is 364 g/mol. The summed E-state index contributed by atoms with van der Waals surface area (Å²) in [4.78, 5) is 8.74. The Labute approximate surface area is 170 Å². The molecule has 0 atom stereocenters. The van der Waals surface area contributed by atoms with Gasteiger partial charge in [-0.15, -0.1) is 11.3 Å². The van der Waals surface area contributed by atoms with Crippen LogP contribution in [0.5, 0.6) is 0 Å². The average molecular weight is 389 g/mol. The molecule has 0 N–H and O–H groups in total. The van der Waals surface area contributed by atoms with Crippen molar-refractivity contribution in [3.8, 4) is 17.3 Å². The highest BCUT2D eigenvalue weighted by Crippen LogP contribution is 2.34. The van der Waals surface area contributed by atoms with Gasteiger partial charge in [-0.25, -0.2) is 4.98 Å². The van der Waals surface area contributed by atoms with Crippen LogP contribution in [0.25, 0.3) is 22.9 Å². The van der Waals surface area contributed by atoms with Gasteiger partial charge in [-0.2, -0.15) is 5.26 Å². The number of hydrogen-bond donors (Lipinski definition) is 0. The quantitative estimate of drug-likeness (QED) is 0.501. The molecule has 0 aliphatic heterocycles. The van der Waals surface area contributed by atoms with Crippen LogP contribution in [0.4, 0.5) is 0 Å². The first-order valence-electron chi connectivity index (χ1n) is 9.84. The first-order chi connectivity index (χ1) is 13.7. The molecule has 142 valence electrons. The third kappa shape index (κ3) is 3.65. The number of rotatable bonds is 4. The SMILES string of the molecule is Cc1cc(/C=C(\C#N)c2nc(-c3ccncc3)cs2)c(C)n1C1CCCCC1. The van der Waals surface area contributed by atoms with Crippen molar-refractivity contribution < 1.29 is 0 Å². The second kappa shape index (κ2) is 8.12. The molecule has 0 amide bonds. The fourth-order valence-corrected chi connectivity index (χ4v) is 4.99. The summed E-state index contributed by atoms with van der Waals surface area (Å²) < 4.78 is 2.48. The van der Waals surface area contributed by atoms with Crippen LogP contribution < -0.4 is 0 Å². The van der Waals surface area contributed by atoms with Crippen molar-refractivity contribution in [1.82, 2.24) is 14.5 Å². The van der Waals surface area contributed by atoms with Crippen molar-refractivity contribution in [3.63, 3.8) is 0 Å². The Bertz CT molecular complexity index is 1030. The summed E-state index contributed by atoms with van der Waals surface area (Å²) in [5.74, 6) is 0. The molecule has 3 heterocycles. The van der Waals surface area contributed by atoms with Gasteiger partial charge in [-0.3, -0.25) is 4.98 Å². The van der Waals surface area contributed by atoms with Crippen LogP contribution in [0.15, 0.2) is 36.0 Å². The Kier molecular flexibility index (Phi) is 5.40. The van der Waals surface area contributed by atoms with E-state index in [1.54, 1.807) is 12.4 Å². The van der Waals surface area contributed by atoms with Gasteiger partial charge in [0.1, 0.15) is 11.1 Å². The number of aromatic nitrogens is 3. The highest BCUT2D eigenvalue weighted by Gasteiger charge is 2.20. The lowest BCUT2D eigenvalue weighted by Crippen LogP contribution is -2.15. The third-order valence-electron chi connectivity index (χ3n) is 5.59. The predicted molar refractivity (Wildman–Crippen MR) is 115 cm³/mol. The minimum atomic E-state index is 0.597. The van der Waals surface area contributed by atoms with Crippen LogP contribution in [-0.4, -0.2) is 14.5 Å². The summed E-state index contributed by atoms with van der Waals surface area (Å²) >= 11 is 1.51. The van der Waals surface area contributed by atoms with Crippen LogP contribution in [0, 0.1) is 25.2 Å². The lowest BCUT2D eigenvalue weighted by atomic mass is 9.95. The molecule has 0 spiro atoms. The number of hydrogen-bond acceptors (Lipinski definition) is 4. The Morgan fingerprint density at radius 2 is 1.96 bits per heavy atom. The number of thiazole rings is 1. The molecule has 0 saturated heterocycles. The molecule has 1 aliphatic carbocycles. The van der Waals surface area contributed by atoms with E-state index in [0.717, 1.165) is 21.8 Å². The summed E-state index contributed by atoms with van der Waals surface area (Å²) in [7, 11) is 0. The van der Waals surface area contributed by atoms with Gasteiger partial charge in [0, 0.05) is 40.8 Å². The molecule has 0 aromatic carbocycles. The third-order valence-corrected chi connectivity index (χ3v) is 6.47. The fourth-order valence-electron chi connectivity index (χ4n) is 4.20. The van der Waals surface area contributed by atoms with Crippen LogP contribution in [0.2, 0.25) is 0 Å². The molecule has 1 fully saturated rings. The van der Waals surface area contributed by atoms with Crippen molar-refractivity contribution in [2.75, 3.05) is 0 Å². The molecule has 0 radical (unpaired) electrons. The van der Waals surface area contributed by atoms with Crippen molar-refractivity contribution in [2.24, 2.45) is 0 Å². The number of nitrogens with zero attached hydrogens (tertiary/aromatic N) is 4. The first kappa shape index (κ1) is 18.6. The topological polar surface area (TPSA) is 54.5 Å². The highest BCUT2D eigenvalue weighted by molar-refractivity contribution is 7.11. The van der Waals surface area contributed by atoms with E-state index in [4.69, 9.17) is 0 Å². The van der Waals surface area contributed by atoms with Crippen molar-refractivity contribution in [3.05, 3.63) is 57.9 Å². The van der Waals surface area contributed by atoms with Crippen LogP contribution in [0.1, 0.15) is 60.1 Å². The number of aryl methyl sites for hydroxylation is 1. The molecule has 1 aliphatic rings. The first-order valence-corrected chi connectivity index (χ1v) is 10.7. The molecule has 3 aromatic heterocycles. The maximum absolute atomic E-state index is 9.77. The van der Waals surface area contributed by atoms with Crippen molar-refractivity contribution >= 4 is 23.0 Å². The number of nitriles is 1. The number of pyridine rings is 1. The Hall–Kier alpha value is -2.71. The van der Waals surface area contributed by atoms with Gasteiger partial charge in [-0.1, -0.05) is 19.3 Å². The van der Waals surface area contributed by atoms with E-state index in [2.05, 4.69) is 40.5 Å². The van der Waals surface area contributed by atoms with E-state index >= 15 is 0 Å². The van der Waals surface area contributed by atoms with Gasteiger partial charge >= 0.3 is 0 Å². The van der Waals surface area contributed by atoms with E-state index < -0.39 is 0 Å². The summed E-state index contributed by atoms with van der Waals surface area (Å²) in [6, 6.07) is 9.03. The zero-order valence-corrected chi connectivity index (χ0v) is 17.2. The summed E-state index contributed by atoms with van der Waals surface area (Å²) in [6.07, 6.45) is 12.0. The maximum atomic E-state index is 9.77. The molecule has 4 rings (SSSR count). The highest BCUT2D eigenvalue weighted by atomic mass is 32.1. The second-order valence-electron chi connectivity index (χ2n) is 7.43. The van der Waals surface area contributed by atoms with E-state index in [0.29, 0.717) is 11.6 Å². The maximum Gasteiger partial charge on any atom is 0.134 e. The lowest BCUT2D eigenvalue weighted by molar-refractivity contribution is 0.346. The molecule has 1 saturated carbocycles. The molecule has 0 unspecified atom stereocenters. The summed E-state index contributed by atoms with van der Waals surface area (Å²) in [5, 5.41) is 12.5. The molecular formula is C23H24N4S. The van der Waals surface area contributed by atoms with Crippen molar-refractivity contribution in [2.45, 2.75) is 52.0 Å². The largest absolute Gasteiger partial charge is 0.346 e. The summed E-state index contributed by atoms with van der Waals surface area (Å²) in [5.41, 5.74) is 6.18. The van der Waals surface area contributed by atoms with E-state index in [1.807, 2.05) is 23.6 Å². The Morgan fingerprint density at radius 1 is 1.21 bits per heavy atom. The minimum Gasteiger partial charge on any atom is -0.346 e.